The summed E-state index contributed by atoms with van der Waals surface area (Å²) in [7, 11) is 0. The highest BCUT2D eigenvalue weighted by Crippen LogP contribution is 2.24. The Morgan fingerprint density at radius 3 is 1.75 bits per heavy atom. The van der Waals surface area contributed by atoms with Crippen LogP contribution in [0.25, 0.3) is 0 Å². The standard InChI is InChI=1S/C14H11NO/c16-11-15-14(12-7-3-1-4-8-12)13-9-5-2-6-10-13/h1-10,14H/i14D. The average Bonchev–Trinajstić information content (AvgIpc) is 2.41. The maximum atomic E-state index is 10.6. The quantitative estimate of drug-likeness (QED) is 0.565. The van der Waals surface area contributed by atoms with E-state index in [1.54, 1.807) is 24.3 Å². The van der Waals surface area contributed by atoms with E-state index in [1.165, 1.54) is 6.08 Å². The van der Waals surface area contributed by atoms with E-state index in [9.17, 15) is 4.79 Å². The Hall–Kier alpha value is -2.18. The minimum atomic E-state index is -1.41. The van der Waals surface area contributed by atoms with E-state index in [2.05, 4.69) is 4.99 Å². The Labute approximate surface area is 95.7 Å². The minimum absolute atomic E-state index is 0.648. The third-order valence-electron chi connectivity index (χ3n) is 2.25. The predicted octanol–water partition coefficient (Wildman–Crippen LogP) is 3.11. The molecule has 0 saturated heterocycles. The summed E-state index contributed by atoms with van der Waals surface area (Å²) in [5.74, 6) is 0. The van der Waals surface area contributed by atoms with Gasteiger partial charge in [-0.3, -0.25) is 0 Å². The Balaban J connectivity index is 2.59. The second kappa shape index (κ2) is 5.06. The molecule has 0 fully saturated rings. The second-order valence-electron chi connectivity index (χ2n) is 3.28. The summed E-state index contributed by atoms with van der Waals surface area (Å²) in [6.07, 6.45) is 1.49. The molecule has 2 aromatic rings. The molecule has 0 aliphatic rings. The van der Waals surface area contributed by atoms with E-state index in [1.807, 2.05) is 36.4 Å². The van der Waals surface area contributed by atoms with Crippen LogP contribution in [0.3, 0.4) is 0 Å². The third-order valence-corrected chi connectivity index (χ3v) is 2.25. The molecule has 0 amide bonds. The van der Waals surface area contributed by atoms with Crippen molar-refractivity contribution in [2.45, 2.75) is 6.02 Å². The van der Waals surface area contributed by atoms with Gasteiger partial charge in [-0.1, -0.05) is 60.7 Å². The lowest BCUT2D eigenvalue weighted by molar-refractivity contribution is 0.560. The molecule has 0 saturated carbocycles. The summed E-state index contributed by atoms with van der Waals surface area (Å²) < 4.78 is 8.37. The molecule has 0 atom stereocenters. The first-order chi connectivity index (χ1) is 8.27. The molecule has 2 rings (SSSR count). The van der Waals surface area contributed by atoms with Crippen LogP contribution in [-0.2, 0) is 4.79 Å². The number of rotatable bonds is 3. The molecular formula is C14H11NO. The topological polar surface area (TPSA) is 29.4 Å². The van der Waals surface area contributed by atoms with Crippen molar-refractivity contribution in [2.24, 2.45) is 4.99 Å². The van der Waals surface area contributed by atoms with Gasteiger partial charge in [0.15, 0.2) is 0 Å². The third kappa shape index (κ3) is 2.25. The van der Waals surface area contributed by atoms with Crippen LogP contribution in [0.2, 0.25) is 0 Å². The molecule has 2 aromatic carbocycles. The zero-order valence-corrected chi connectivity index (χ0v) is 8.63. The van der Waals surface area contributed by atoms with Gasteiger partial charge >= 0.3 is 0 Å². The number of carbonyl (C=O) groups excluding carboxylic acids is 1. The molecule has 78 valence electrons. The molecule has 0 spiro atoms. The van der Waals surface area contributed by atoms with E-state index in [0.717, 1.165) is 0 Å². The van der Waals surface area contributed by atoms with Gasteiger partial charge in [-0.05, 0) is 11.1 Å². The van der Waals surface area contributed by atoms with Crippen molar-refractivity contribution in [3.63, 3.8) is 0 Å². The van der Waals surface area contributed by atoms with Gasteiger partial charge in [0.1, 0.15) is 6.02 Å². The fourth-order valence-corrected chi connectivity index (χ4v) is 1.53. The molecule has 0 aromatic heterocycles. The summed E-state index contributed by atoms with van der Waals surface area (Å²) in [6, 6.07) is 16.7. The van der Waals surface area contributed by atoms with Gasteiger partial charge < -0.3 is 0 Å². The van der Waals surface area contributed by atoms with Crippen LogP contribution in [0.4, 0.5) is 0 Å². The molecule has 0 aliphatic heterocycles. The highest BCUT2D eigenvalue weighted by atomic mass is 16.1. The number of hydrogen-bond donors (Lipinski definition) is 0. The second-order valence-corrected chi connectivity index (χ2v) is 3.28. The van der Waals surface area contributed by atoms with Crippen molar-refractivity contribution in [2.75, 3.05) is 0 Å². The zero-order chi connectivity index (χ0) is 12.1. The number of hydrogen-bond acceptors (Lipinski definition) is 2. The van der Waals surface area contributed by atoms with Gasteiger partial charge in [0.05, 0.1) is 1.37 Å². The van der Waals surface area contributed by atoms with Gasteiger partial charge in [-0.25, -0.2) is 4.79 Å². The average molecular weight is 210 g/mol. The smallest absolute Gasteiger partial charge is 0.211 e. The van der Waals surface area contributed by atoms with Crippen molar-refractivity contribution in [3.8, 4) is 0 Å². The summed E-state index contributed by atoms with van der Waals surface area (Å²) in [5, 5.41) is 0. The van der Waals surface area contributed by atoms with Crippen LogP contribution in [-0.4, -0.2) is 6.08 Å². The van der Waals surface area contributed by atoms with E-state index < -0.39 is 6.02 Å². The predicted molar refractivity (Wildman–Crippen MR) is 62.8 cm³/mol. The lowest BCUT2D eigenvalue weighted by Crippen LogP contribution is -1.96. The minimum Gasteiger partial charge on any atom is -0.211 e. The molecular weight excluding hydrogens is 198 g/mol. The van der Waals surface area contributed by atoms with Crippen molar-refractivity contribution < 1.29 is 6.17 Å². The summed E-state index contributed by atoms with van der Waals surface area (Å²) in [5.41, 5.74) is 1.30. The molecule has 0 aliphatic carbocycles. The number of aliphatic imine (C=N–C) groups is 1. The van der Waals surface area contributed by atoms with Crippen molar-refractivity contribution >= 4 is 6.08 Å². The van der Waals surface area contributed by atoms with Gasteiger partial charge in [-0.15, -0.1) is 0 Å². The summed E-state index contributed by atoms with van der Waals surface area (Å²) >= 11 is 0. The van der Waals surface area contributed by atoms with E-state index in [-0.39, 0.29) is 0 Å². The van der Waals surface area contributed by atoms with Crippen LogP contribution in [0.5, 0.6) is 0 Å². The van der Waals surface area contributed by atoms with Crippen LogP contribution >= 0.6 is 0 Å². The van der Waals surface area contributed by atoms with Crippen LogP contribution in [0.15, 0.2) is 65.7 Å². The van der Waals surface area contributed by atoms with Crippen LogP contribution < -0.4 is 0 Å². The lowest BCUT2D eigenvalue weighted by Gasteiger charge is -2.10. The van der Waals surface area contributed by atoms with E-state index in [0.29, 0.717) is 11.1 Å². The molecule has 0 bridgehead atoms. The molecule has 2 heteroatoms. The number of benzene rings is 2. The normalized spacial score (nSPS) is 11.4. The highest BCUT2D eigenvalue weighted by molar-refractivity contribution is 5.40. The fraction of sp³-hybridized carbons (Fsp3) is 0.0714. The van der Waals surface area contributed by atoms with Crippen molar-refractivity contribution in [1.82, 2.24) is 0 Å². The first-order valence-electron chi connectivity index (χ1n) is 5.47. The molecule has 0 heterocycles. The molecule has 0 radical (unpaired) electrons. The molecule has 2 nitrogen and oxygen atoms in total. The Kier molecular flexibility index (Phi) is 2.87. The van der Waals surface area contributed by atoms with Gasteiger partial charge in [-0.2, -0.15) is 4.99 Å². The Morgan fingerprint density at radius 2 is 1.38 bits per heavy atom. The van der Waals surface area contributed by atoms with Crippen LogP contribution in [0, 0.1) is 0 Å². The van der Waals surface area contributed by atoms with Crippen molar-refractivity contribution in [3.05, 3.63) is 71.8 Å². The first-order valence-corrected chi connectivity index (χ1v) is 4.97. The maximum Gasteiger partial charge on any atom is 0.235 e. The van der Waals surface area contributed by atoms with Gasteiger partial charge in [0.2, 0.25) is 6.08 Å². The molecule has 0 unspecified atom stereocenters. The van der Waals surface area contributed by atoms with E-state index >= 15 is 0 Å². The van der Waals surface area contributed by atoms with Crippen LogP contribution in [0.1, 0.15) is 18.5 Å². The Morgan fingerprint density at radius 1 is 0.938 bits per heavy atom. The van der Waals surface area contributed by atoms with E-state index in [4.69, 9.17) is 1.37 Å². The summed E-state index contributed by atoms with van der Waals surface area (Å²) in [6.45, 7) is 0. The Bertz CT molecular complexity index is 493. The number of isocyanates is 1. The fourth-order valence-electron chi connectivity index (χ4n) is 1.53. The lowest BCUT2D eigenvalue weighted by atomic mass is 10.00. The SMILES string of the molecule is [2H]C(N=C=O)(c1ccccc1)c1ccccc1. The molecule has 16 heavy (non-hydrogen) atoms. The largest absolute Gasteiger partial charge is 0.235 e. The summed E-state index contributed by atoms with van der Waals surface area (Å²) in [4.78, 5) is 14.2. The van der Waals surface area contributed by atoms with Gasteiger partial charge in [0, 0.05) is 0 Å². The first kappa shape index (κ1) is 9.08. The highest BCUT2D eigenvalue weighted by Gasteiger charge is 2.11. The zero-order valence-electron chi connectivity index (χ0n) is 9.63. The molecule has 0 N–H and O–H groups in total. The maximum absolute atomic E-state index is 10.6. The number of nitrogens with zero attached hydrogens (tertiary/aromatic N) is 1. The monoisotopic (exact) mass is 210 g/mol. The van der Waals surface area contributed by atoms with Crippen molar-refractivity contribution in [1.29, 1.82) is 0 Å². The van der Waals surface area contributed by atoms with Gasteiger partial charge in [0.25, 0.3) is 0 Å².